The van der Waals surface area contributed by atoms with E-state index in [1.54, 1.807) is 0 Å². The zero-order valence-corrected chi connectivity index (χ0v) is 12.3. The van der Waals surface area contributed by atoms with Gasteiger partial charge in [0.05, 0.1) is 13.2 Å². The van der Waals surface area contributed by atoms with Crippen molar-refractivity contribution in [3.8, 4) is 0 Å². The molecule has 1 rings (SSSR count). The predicted octanol–water partition coefficient (Wildman–Crippen LogP) is 0.433. The molecule has 2 N–H and O–H groups in total. The van der Waals surface area contributed by atoms with Gasteiger partial charge in [0.1, 0.15) is 5.60 Å². The van der Waals surface area contributed by atoms with Crippen molar-refractivity contribution in [3.63, 3.8) is 0 Å². The molecule has 1 amide bonds. The van der Waals surface area contributed by atoms with Crippen molar-refractivity contribution in [1.29, 1.82) is 0 Å². The number of nitrogens with zero attached hydrogens (tertiary/aromatic N) is 1. The van der Waals surface area contributed by atoms with Crippen molar-refractivity contribution >= 4 is 6.09 Å². The Bertz CT molecular complexity index is 260. The van der Waals surface area contributed by atoms with Crippen LogP contribution in [0, 0.1) is 0 Å². The molecule has 0 spiro atoms. The monoisotopic (exact) mass is 273 g/mol. The van der Waals surface area contributed by atoms with Crippen LogP contribution in [0.2, 0.25) is 0 Å². The molecule has 112 valence electrons. The number of carbonyl (C=O) groups is 1. The number of amides is 1. The van der Waals surface area contributed by atoms with Crippen molar-refractivity contribution in [1.82, 2.24) is 15.5 Å². The standard InChI is InChI=1S/C13H27N3O3/c1-13(2,3)19-12(17)15-6-10-18-11-9-16-7-4-14-5-8-16/h14H,4-11H2,1-3H3,(H,15,17). The number of carbonyl (C=O) groups excluding carboxylic acids is 1. The van der Waals surface area contributed by atoms with Gasteiger partial charge in [0.15, 0.2) is 0 Å². The zero-order chi connectivity index (χ0) is 14.1. The molecule has 0 aromatic carbocycles. The fraction of sp³-hybridized carbons (Fsp3) is 0.923. The summed E-state index contributed by atoms with van der Waals surface area (Å²) in [6.45, 7) is 12.5. The van der Waals surface area contributed by atoms with Crippen molar-refractivity contribution in [2.24, 2.45) is 0 Å². The molecule has 0 unspecified atom stereocenters. The molecule has 1 aliphatic rings. The van der Waals surface area contributed by atoms with E-state index in [2.05, 4.69) is 15.5 Å². The van der Waals surface area contributed by atoms with E-state index in [0.717, 1.165) is 32.7 Å². The summed E-state index contributed by atoms with van der Waals surface area (Å²) in [5, 5.41) is 5.98. The van der Waals surface area contributed by atoms with Crippen LogP contribution < -0.4 is 10.6 Å². The van der Waals surface area contributed by atoms with Crippen LogP contribution in [0.15, 0.2) is 0 Å². The highest BCUT2D eigenvalue weighted by Crippen LogP contribution is 2.05. The molecule has 0 aromatic heterocycles. The summed E-state index contributed by atoms with van der Waals surface area (Å²) in [4.78, 5) is 13.7. The van der Waals surface area contributed by atoms with Crippen LogP contribution in [0.3, 0.4) is 0 Å². The number of rotatable bonds is 6. The lowest BCUT2D eigenvalue weighted by atomic mass is 10.2. The number of ether oxygens (including phenoxy) is 2. The lowest BCUT2D eigenvalue weighted by Gasteiger charge is -2.26. The number of hydrogen-bond acceptors (Lipinski definition) is 5. The third-order valence-corrected chi connectivity index (χ3v) is 2.68. The molecular weight excluding hydrogens is 246 g/mol. The first kappa shape index (κ1) is 16.2. The average molecular weight is 273 g/mol. The maximum absolute atomic E-state index is 11.3. The second-order valence-electron chi connectivity index (χ2n) is 5.63. The highest BCUT2D eigenvalue weighted by molar-refractivity contribution is 5.67. The van der Waals surface area contributed by atoms with Gasteiger partial charge in [-0.2, -0.15) is 0 Å². The first-order valence-corrected chi connectivity index (χ1v) is 6.95. The fourth-order valence-corrected chi connectivity index (χ4v) is 1.77. The van der Waals surface area contributed by atoms with Gasteiger partial charge in [-0.1, -0.05) is 0 Å². The molecule has 0 atom stereocenters. The maximum Gasteiger partial charge on any atom is 0.407 e. The largest absolute Gasteiger partial charge is 0.444 e. The van der Waals surface area contributed by atoms with Crippen LogP contribution in [-0.2, 0) is 9.47 Å². The van der Waals surface area contributed by atoms with Gasteiger partial charge in [-0.15, -0.1) is 0 Å². The Labute approximate surface area is 115 Å². The topological polar surface area (TPSA) is 62.8 Å². The summed E-state index contributed by atoms with van der Waals surface area (Å²) in [5.74, 6) is 0. The Morgan fingerprint density at radius 1 is 1.26 bits per heavy atom. The SMILES string of the molecule is CC(C)(C)OC(=O)NCCOCCN1CCNCC1. The molecule has 0 saturated carbocycles. The summed E-state index contributed by atoms with van der Waals surface area (Å²) < 4.78 is 10.6. The van der Waals surface area contributed by atoms with Gasteiger partial charge in [-0.3, -0.25) is 4.90 Å². The molecule has 0 bridgehead atoms. The minimum Gasteiger partial charge on any atom is -0.444 e. The first-order valence-electron chi connectivity index (χ1n) is 6.95. The van der Waals surface area contributed by atoms with Crippen LogP contribution in [0.25, 0.3) is 0 Å². The van der Waals surface area contributed by atoms with E-state index in [0.29, 0.717) is 19.8 Å². The van der Waals surface area contributed by atoms with Gasteiger partial charge < -0.3 is 20.1 Å². The lowest BCUT2D eigenvalue weighted by molar-refractivity contribution is 0.0489. The van der Waals surface area contributed by atoms with E-state index >= 15 is 0 Å². The number of hydrogen-bond donors (Lipinski definition) is 2. The number of alkyl carbamates (subject to hydrolysis) is 1. The molecule has 0 aromatic rings. The lowest BCUT2D eigenvalue weighted by Crippen LogP contribution is -2.44. The number of nitrogens with one attached hydrogen (secondary N) is 2. The molecule has 1 aliphatic heterocycles. The third-order valence-electron chi connectivity index (χ3n) is 2.68. The average Bonchev–Trinajstić information content (AvgIpc) is 2.32. The van der Waals surface area contributed by atoms with Crippen LogP contribution >= 0.6 is 0 Å². The van der Waals surface area contributed by atoms with Crippen LogP contribution in [0.1, 0.15) is 20.8 Å². The molecule has 6 heteroatoms. The third kappa shape index (κ3) is 8.80. The highest BCUT2D eigenvalue weighted by atomic mass is 16.6. The molecule has 0 radical (unpaired) electrons. The van der Waals surface area contributed by atoms with E-state index in [1.807, 2.05) is 20.8 Å². The van der Waals surface area contributed by atoms with E-state index in [4.69, 9.17) is 9.47 Å². The Morgan fingerprint density at radius 2 is 1.95 bits per heavy atom. The molecule has 1 fully saturated rings. The Morgan fingerprint density at radius 3 is 2.58 bits per heavy atom. The van der Waals surface area contributed by atoms with Crippen molar-refractivity contribution in [2.45, 2.75) is 26.4 Å². The minimum atomic E-state index is -0.451. The first-order chi connectivity index (χ1) is 8.97. The summed E-state index contributed by atoms with van der Waals surface area (Å²) in [6.07, 6.45) is -0.391. The Kier molecular flexibility index (Phi) is 7.12. The van der Waals surface area contributed by atoms with Crippen molar-refractivity contribution in [3.05, 3.63) is 0 Å². The van der Waals surface area contributed by atoms with Gasteiger partial charge in [0.2, 0.25) is 0 Å². The van der Waals surface area contributed by atoms with Crippen molar-refractivity contribution in [2.75, 3.05) is 52.5 Å². The minimum absolute atomic E-state index is 0.391. The summed E-state index contributed by atoms with van der Waals surface area (Å²) in [6, 6.07) is 0. The molecule has 1 saturated heterocycles. The summed E-state index contributed by atoms with van der Waals surface area (Å²) in [5.41, 5.74) is -0.451. The Balaban J connectivity index is 1.92. The van der Waals surface area contributed by atoms with E-state index in [9.17, 15) is 4.79 Å². The van der Waals surface area contributed by atoms with Crippen LogP contribution in [0.5, 0.6) is 0 Å². The quantitative estimate of drug-likeness (QED) is 0.687. The summed E-state index contributed by atoms with van der Waals surface area (Å²) >= 11 is 0. The number of piperazine rings is 1. The van der Waals surface area contributed by atoms with E-state index in [1.165, 1.54) is 0 Å². The molecule has 6 nitrogen and oxygen atoms in total. The second kappa shape index (κ2) is 8.35. The fourth-order valence-electron chi connectivity index (χ4n) is 1.77. The van der Waals surface area contributed by atoms with Crippen LogP contribution in [-0.4, -0.2) is 69.1 Å². The van der Waals surface area contributed by atoms with Gasteiger partial charge in [0.25, 0.3) is 0 Å². The van der Waals surface area contributed by atoms with Gasteiger partial charge in [-0.25, -0.2) is 4.79 Å². The molecule has 0 aliphatic carbocycles. The zero-order valence-electron chi connectivity index (χ0n) is 12.3. The van der Waals surface area contributed by atoms with Gasteiger partial charge in [0, 0.05) is 39.3 Å². The normalized spacial score (nSPS) is 17.2. The van der Waals surface area contributed by atoms with Gasteiger partial charge in [-0.05, 0) is 20.8 Å². The second-order valence-corrected chi connectivity index (χ2v) is 5.63. The highest BCUT2D eigenvalue weighted by Gasteiger charge is 2.15. The van der Waals surface area contributed by atoms with E-state index in [-0.39, 0.29) is 0 Å². The van der Waals surface area contributed by atoms with Crippen molar-refractivity contribution < 1.29 is 14.3 Å². The van der Waals surface area contributed by atoms with Crippen LogP contribution in [0.4, 0.5) is 4.79 Å². The van der Waals surface area contributed by atoms with Gasteiger partial charge >= 0.3 is 6.09 Å². The maximum atomic E-state index is 11.3. The summed E-state index contributed by atoms with van der Waals surface area (Å²) in [7, 11) is 0. The molecule has 19 heavy (non-hydrogen) atoms. The van der Waals surface area contributed by atoms with E-state index < -0.39 is 11.7 Å². The Hall–Kier alpha value is -0.850. The smallest absolute Gasteiger partial charge is 0.407 e. The molecule has 1 heterocycles. The molecular formula is C13H27N3O3. The predicted molar refractivity (Wildman–Crippen MR) is 74.4 cm³/mol.